The fourth-order valence-electron chi connectivity index (χ4n) is 3.55. The van der Waals surface area contributed by atoms with Crippen LogP contribution >= 0.6 is 23.1 Å². The molecular weight excluding hydrogens is 388 g/mol. The lowest BCUT2D eigenvalue weighted by Crippen LogP contribution is -2.28. The van der Waals surface area contributed by atoms with Crippen LogP contribution in [0.1, 0.15) is 43.2 Å². The number of aromatic nitrogens is 2. The van der Waals surface area contributed by atoms with Gasteiger partial charge in [0, 0.05) is 17.1 Å². The molecule has 3 aromatic rings. The van der Waals surface area contributed by atoms with E-state index in [-0.39, 0.29) is 11.7 Å². The van der Waals surface area contributed by atoms with Gasteiger partial charge in [0.05, 0.1) is 23.8 Å². The molecule has 0 saturated heterocycles. The van der Waals surface area contributed by atoms with Crippen LogP contribution in [0.3, 0.4) is 0 Å². The van der Waals surface area contributed by atoms with E-state index in [9.17, 15) is 4.79 Å². The van der Waals surface area contributed by atoms with Gasteiger partial charge in [-0.15, -0.1) is 11.3 Å². The topological polar surface area (TPSA) is 44.1 Å². The Labute approximate surface area is 174 Å². The molecule has 4 nitrogen and oxygen atoms in total. The molecule has 148 valence electrons. The second-order valence-corrected chi connectivity index (χ2v) is 9.85. The van der Waals surface area contributed by atoms with E-state index in [0.717, 1.165) is 50.1 Å². The van der Waals surface area contributed by atoms with E-state index >= 15 is 0 Å². The van der Waals surface area contributed by atoms with Crippen LogP contribution in [0.15, 0.2) is 34.2 Å². The summed E-state index contributed by atoms with van der Waals surface area (Å²) in [6, 6.07) is 8.12. The van der Waals surface area contributed by atoms with Gasteiger partial charge in [-0.25, -0.2) is 4.98 Å². The average molecular weight is 415 g/mol. The third-order valence-electron chi connectivity index (χ3n) is 5.18. The molecular formula is C22H26N2O2S2. The second-order valence-electron chi connectivity index (χ2n) is 7.70. The molecule has 4 rings (SSSR count). The summed E-state index contributed by atoms with van der Waals surface area (Å²) < 4.78 is 7.83. The van der Waals surface area contributed by atoms with Crippen molar-refractivity contribution in [1.82, 2.24) is 9.55 Å². The summed E-state index contributed by atoms with van der Waals surface area (Å²) in [7, 11) is 0. The molecule has 0 aliphatic carbocycles. The third kappa shape index (κ3) is 3.53. The van der Waals surface area contributed by atoms with Crippen LogP contribution in [0.25, 0.3) is 15.9 Å². The molecule has 3 heterocycles. The summed E-state index contributed by atoms with van der Waals surface area (Å²) in [6.07, 6.45) is 1.99. The Morgan fingerprint density at radius 3 is 2.75 bits per heavy atom. The van der Waals surface area contributed by atoms with Crippen LogP contribution in [-0.2, 0) is 17.8 Å². The zero-order valence-electron chi connectivity index (χ0n) is 16.8. The number of benzene rings is 1. The predicted molar refractivity (Wildman–Crippen MR) is 118 cm³/mol. The lowest BCUT2D eigenvalue weighted by atomic mass is 9.96. The van der Waals surface area contributed by atoms with Gasteiger partial charge in [0.15, 0.2) is 5.16 Å². The van der Waals surface area contributed by atoms with Crippen LogP contribution in [0.5, 0.6) is 0 Å². The highest BCUT2D eigenvalue weighted by molar-refractivity contribution is 7.99. The van der Waals surface area contributed by atoms with Gasteiger partial charge in [-0.3, -0.25) is 9.36 Å². The van der Waals surface area contributed by atoms with Gasteiger partial charge in [0.1, 0.15) is 4.83 Å². The summed E-state index contributed by atoms with van der Waals surface area (Å²) >= 11 is 3.27. The number of nitrogens with zero attached hydrogens (tertiary/aromatic N) is 2. The smallest absolute Gasteiger partial charge is 0.267 e. The molecule has 0 fully saturated rings. The molecule has 0 saturated carbocycles. The summed E-state index contributed by atoms with van der Waals surface area (Å²) in [5, 5.41) is 1.57. The third-order valence-corrected chi connectivity index (χ3v) is 7.43. The summed E-state index contributed by atoms with van der Waals surface area (Å²) in [6.45, 7) is 9.13. The van der Waals surface area contributed by atoms with E-state index in [4.69, 9.17) is 9.72 Å². The first kappa shape index (κ1) is 19.7. The minimum atomic E-state index is 0.0503. The molecule has 1 aromatic carbocycles. The SMILES string of the molecule is CCCSc1nc2sc3c(c2c(=O)n1-c1ccc(C)cc1)C[C@@H](C(C)C)OC3. The number of hydrogen-bond donors (Lipinski definition) is 0. The molecule has 6 heteroatoms. The molecule has 1 aliphatic rings. The average Bonchev–Trinajstić information content (AvgIpc) is 3.05. The van der Waals surface area contributed by atoms with Crippen LogP contribution in [0.4, 0.5) is 0 Å². The number of ether oxygens (including phenoxy) is 1. The van der Waals surface area contributed by atoms with Crippen LogP contribution < -0.4 is 5.56 Å². The van der Waals surface area contributed by atoms with Crippen molar-refractivity contribution in [2.24, 2.45) is 5.92 Å². The van der Waals surface area contributed by atoms with Gasteiger partial charge in [0.25, 0.3) is 5.56 Å². The van der Waals surface area contributed by atoms with Crippen molar-refractivity contribution in [2.75, 3.05) is 5.75 Å². The van der Waals surface area contributed by atoms with Crippen molar-refractivity contribution >= 4 is 33.3 Å². The fraction of sp³-hybridized carbons (Fsp3) is 0.455. The largest absolute Gasteiger partial charge is 0.372 e. The van der Waals surface area contributed by atoms with E-state index < -0.39 is 0 Å². The molecule has 1 aliphatic heterocycles. The van der Waals surface area contributed by atoms with Gasteiger partial charge < -0.3 is 4.74 Å². The van der Waals surface area contributed by atoms with Gasteiger partial charge in [-0.1, -0.05) is 50.2 Å². The molecule has 0 spiro atoms. The number of fused-ring (bicyclic) bond motifs is 3. The van der Waals surface area contributed by atoms with Crippen LogP contribution in [-0.4, -0.2) is 21.4 Å². The molecule has 0 radical (unpaired) electrons. The van der Waals surface area contributed by atoms with Crippen molar-refractivity contribution < 1.29 is 4.74 Å². The van der Waals surface area contributed by atoms with E-state index in [1.807, 2.05) is 24.3 Å². The van der Waals surface area contributed by atoms with E-state index in [1.54, 1.807) is 27.7 Å². The number of rotatable bonds is 5. The Kier molecular flexibility index (Phi) is 5.63. The minimum absolute atomic E-state index is 0.0503. The van der Waals surface area contributed by atoms with Crippen molar-refractivity contribution in [3.8, 4) is 5.69 Å². The lowest BCUT2D eigenvalue weighted by Gasteiger charge is -2.26. The highest BCUT2D eigenvalue weighted by Crippen LogP contribution is 2.36. The number of thiophene rings is 1. The molecule has 1 atom stereocenters. The number of aryl methyl sites for hydroxylation is 1. The molecule has 0 unspecified atom stereocenters. The highest BCUT2D eigenvalue weighted by atomic mass is 32.2. The number of thioether (sulfide) groups is 1. The summed E-state index contributed by atoms with van der Waals surface area (Å²) in [5.41, 5.74) is 3.26. The van der Waals surface area contributed by atoms with Gasteiger partial charge in [0.2, 0.25) is 0 Å². The quantitative estimate of drug-likeness (QED) is 0.417. The predicted octanol–water partition coefficient (Wildman–Crippen LogP) is 5.36. The Bertz CT molecular complexity index is 1050. The first-order valence-electron chi connectivity index (χ1n) is 9.88. The minimum Gasteiger partial charge on any atom is -0.372 e. The fourth-order valence-corrected chi connectivity index (χ4v) is 5.58. The van der Waals surface area contributed by atoms with Crippen molar-refractivity contribution in [3.63, 3.8) is 0 Å². The molecule has 0 amide bonds. The van der Waals surface area contributed by atoms with E-state index in [0.29, 0.717) is 12.5 Å². The van der Waals surface area contributed by atoms with Gasteiger partial charge in [-0.05, 0) is 37.0 Å². The monoisotopic (exact) mass is 414 g/mol. The Hall–Kier alpha value is -1.63. The summed E-state index contributed by atoms with van der Waals surface area (Å²) in [4.78, 5) is 20.6. The van der Waals surface area contributed by atoms with Crippen molar-refractivity contribution in [3.05, 3.63) is 50.6 Å². The maximum Gasteiger partial charge on any atom is 0.267 e. The second kappa shape index (κ2) is 8.01. The molecule has 2 aromatic heterocycles. The van der Waals surface area contributed by atoms with Crippen molar-refractivity contribution in [1.29, 1.82) is 0 Å². The van der Waals surface area contributed by atoms with E-state index in [2.05, 4.69) is 27.7 Å². The highest BCUT2D eigenvalue weighted by Gasteiger charge is 2.28. The van der Waals surface area contributed by atoms with Crippen LogP contribution in [0.2, 0.25) is 0 Å². The number of hydrogen-bond acceptors (Lipinski definition) is 5. The Balaban J connectivity index is 1.93. The first-order chi connectivity index (χ1) is 13.5. The summed E-state index contributed by atoms with van der Waals surface area (Å²) in [5.74, 6) is 1.36. The van der Waals surface area contributed by atoms with Gasteiger partial charge in [-0.2, -0.15) is 0 Å². The Morgan fingerprint density at radius 1 is 1.32 bits per heavy atom. The normalized spacial score (nSPS) is 16.7. The maximum absolute atomic E-state index is 13.7. The standard InChI is InChI=1S/C22H26N2O2S2/c1-5-10-27-22-23-20-19(16-11-17(13(2)3)26-12-18(16)28-20)21(25)24(22)15-8-6-14(4)7-9-15/h6-9,13,17H,5,10-12H2,1-4H3/t17-/m0/s1. The zero-order chi connectivity index (χ0) is 19.8. The van der Waals surface area contributed by atoms with Gasteiger partial charge >= 0.3 is 0 Å². The first-order valence-corrected chi connectivity index (χ1v) is 11.7. The zero-order valence-corrected chi connectivity index (χ0v) is 18.5. The van der Waals surface area contributed by atoms with Crippen LogP contribution in [0, 0.1) is 12.8 Å². The molecule has 0 N–H and O–H groups in total. The molecule has 28 heavy (non-hydrogen) atoms. The Morgan fingerprint density at radius 2 is 2.07 bits per heavy atom. The molecule has 0 bridgehead atoms. The van der Waals surface area contributed by atoms with Crippen molar-refractivity contribution in [2.45, 2.75) is 58.4 Å². The lowest BCUT2D eigenvalue weighted by molar-refractivity contribution is 0.00200. The maximum atomic E-state index is 13.7. The van der Waals surface area contributed by atoms with E-state index in [1.165, 1.54) is 5.56 Å².